The van der Waals surface area contributed by atoms with Gasteiger partial charge in [-0.25, -0.2) is 0 Å². The first kappa shape index (κ1) is 18.6. The van der Waals surface area contributed by atoms with Crippen molar-refractivity contribution in [3.8, 4) is 0 Å². The van der Waals surface area contributed by atoms with Crippen LogP contribution >= 0.6 is 15.9 Å². The summed E-state index contributed by atoms with van der Waals surface area (Å²) in [5.41, 5.74) is 0. The molecular formula is C12H16BrF6NO. The summed E-state index contributed by atoms with van der Waals surface area (Å²) >= 11 is 2.98. The topological polar surface area (TPSA) is 20.3 Å². The number of halogens is 7. The van der Waals surface area contributed by atoms with E-state index in [1.807, 2.05) is 0 Å². The molecular weight excluding hydrogens is 368 g/mol. The fourth-order valence-corrected chi connectivity index (χ4v) is 2.97. The quantitative estimate of drug-likeness (QED) is 0.524. The molecule has 0 spiro atoms. The van der Waals surface area contributed by atoms with Gasteiger partial charge in [0, 0.05) is 17.9 Å². The number of carbonyl (C=O) groups is 1. The molecule has 0 aliphatic heterocycles. The highest BCUT2D eigenvalue weighted by Gasteiger charge is 2.62. The molecule has 1 amide bonds. The Balaban J connectivity index is 3.01. The molecule has 0 aromatic rings. The predicted molar refractivity (Wildman–Crippen MR) is 68.0 cm³/mol. The van der Waals surface area contributed by atoms with Crippen LogP contribution in [-0.4, -0.2) is 41.1 Å². The number of nitrogens with zero attached hydrogens (tertiary/aromatic N) is 1. The third kappa shape index (κ3) is 5.03. The van der Waals surface area contributed by atoms with Crippen LogP contribution in [0.3, 0.4) is 0 Å². The van der Waals surface area contributed by atoms with Crippen LogP contribution in [0, 0.1) is 5.92 Å². The van der Waals surface area contributed by atoms with Gasteiger partial charge in [0.05, 0.1) is 0 Å². The molecule has 0 bridgehead atoms. The second-order valence-electron chi connectivity index (χ2n) is 5.03. The van der Waals surface area contributed by atoms with Gasteiger partial charge < -0.3 is 4.90 Å². The predicted octanol–water partition coefficient (Wildman–Crippen LogP) is 4.28. The maximum Gasteiger partial charge on any atom is 0.409 e. The van der Waals surface area contributed by atoms with Crippen LogP contribution in [0.5, 0.6) is 0 Å². The first-order valence-corrected chi connectivity index (χ1v) is 7.71. The average Bonchev–Trinajstić information content (AvgIpc) is 2.33. The number of hydrogen-bond acceptors (Lipinski definition) is 1. The van der Waals surface area contributed by atoms with Gasteiger partial charge in [0.25, 0.3) is 0 Å². The number of carbonyl (C=O) groups excluding carboxylic acids is 1. The summed E-state index contributed by atoms with van der Waals surface area (Å²) < 4.78 is 75.9. The van der Waals surface area contributed by atoms with E-state index in [4.69, 9.17) is 0 Å². The molecule has 0 aromatic carbocycles. The SMILES string of the molecule is O=C(C(C(F)(F)F)C(F)(F)F)N(CCBr)C1CCCCC1. The Morgan fingerprint density at radius 2 is 1.52 bits per heavy atom. The largest absolute Gasteiger partial charge is 0.409 e. The van der Waals surface area contributed by atoms with E-state index in [2.05, 4.69) is 15.9 Å². The van der Waals surface area contributed by atoms with Crippen molar-refractivity contribution in [3.63, 3.8) is 0 Å². The van der Waals surface area contributed by atoms with Crippen molar-refractivity contribution in [1.82, 2.24) is 4.90 Å². The number of hydrogen-bond donors (Lipinski definition) is 0. The second-order valence-corrected chi connectivity index (χ2v) is 5.82. The summed E-state index contributed by atoms with van der Waals surface area (Å²) in [6.45, 7) is -0.161. The Morgan fingerprint density at radius 1 is 1.05 bits per heavy atom. The van der Waals surface area contributed by atoms with Crippen LogP contribution in [0.15, 0.2) is 0 Å². The van der Waals surface area contributed by atoms with Crippen LogP contribution in [-0.2, 0) is 4.79 Å². The highest BCUT2D eigenvalue weighted by molar-refractivity contribution is 9.09. The van der Waals surface area contributed by atoms with E-state index >= 15 is 0 Å². The molecule has 0 aromatic heterocycles. The molecule has 0 saturated heterocycles. The maximum atomic E-state index is 12.7. The molecule has 0 unspecified atom stereocenters. The van der Waals surface area contributed by atoms with Crippen molar-refractivity contribution in [2.75, 3.05) is 11.9 Å². The van der Waals surface area contributed by atoms with E-state index in [1.54, 1.807) is 0 Å². The van der Waals surface area contributed by atoms with Gasteiger partial charge >= 0.3 is 12.4 Å². The lowest BCUT2D eigenvalue weighted by molar-refractivity contribution is -0.278. The fraction of sp³-hybridized carbons (Fsp3) is 0.917. The number of alkyl halides is 7. The van der Waals surface area contributed by atoms with Crippen molar-refractivity contribution in [2.45, 2.75) is 50.5 Å². The number of rotatable bonds is 4. The van der Waals surface area contributed by atoms with Gasteiger partial charge in [-0.2, -0.15) is 26.3 Å². The maximum absolute atomic E-state index is 12.7. The highest BCUT2D eigenvalue weighted by Crippen LogP contribution is 2.41. The third-order valence-corrected chi connectivity index (χ3v) is 3.88. The molecule has 0 heterocycles. The van der Waals surface area contributed by atoms with E-state index in [-0.39, 0.29) is 11.9 Å². The molecule has 1 fully saturated rings. The molecule has 2 nitrogen and oxygen atoms in total. The highest BCUT2D eigenvalue weighted by atomic mass is 79.9. The zero-order chi connectivity index (χ0) is 16.3. The lowest BCUT2D eigenvalue weighted by Crippen LogP contribution is -2.53. The summed E-state index contributed by atoms with van der Waals surface area (Å²) in [6, 6.07) is -0.545. The van der Waals surface area contributed by atoms with E-state index in [0.717, 1.165) is 11.3 Å². The summed E-state index contributed by atoms with van der Waals surface area (Å²) in [4.78, 5) is 12.6. The molecule has 1 saturated carbocycles. The third-order valence-electron chi connectivity index (χ3n) is 3.53. The molecule has 9 heteroatoms. The lowest BCUT2D eigenvalue weighted by atomic mass is 9.93. The minimum absolute atomic E-state index is 0.137. The average molecular weight is 384 g/mol. The monoisotopic (exact) mass is 383 g/mol. The van der Waals surface area contributed by atoms with Crippen LogP contribution in [0.25, 0.3) is 0 Å². The van der Waals surface area contributed by atoms with Crippen LogP contribution in [0.2, 0.25) is 0 Å². The minimum Gasteiger partial charge on any atom is -0.338 e. The standard InChI is InChI=1S/C12H16BrF6NO/c13-6-7-20(8-4-2-1-3-5-8)10(21)9(11(14,15)16)12(17,18)19/h8-9H,1-7H2. The van der Waals surface area contributed by atoms with Crippen molar-refractivity contribution in [2.24, 2.45) is 5.92 Å². The Bertz CT molecular complexity index is 337. The smallest absolute Gasteiger partial charge is 0.338 e. The van der Waals surface area contributed by atoms with E-state index < -0.39 is 30.2 Å². The van der Waals surface area contributed by atoms with Crippen molar-refractivity contribution in [3.05, 3.63) is 0 Å². The Hall–Kier alpha value is -0.470. The molecule has 0 atom stereocenters. The van der Waals surface area contributed by atoms with Crippen molar-refractivity contribution < 1.29 is 31.1 Å². The normalized spacial score (nSPS) is 18.1. The van der Waals surface area contributed by atoms with Crippen LogP contribution < -0.4 is 0 Å². The van der Waals surface area contributed by atoms with E-state index in [0.29, 0.717) is 25.7 Å². The van der Waals surface area contributed by atoms with Gasteiger partial charge in [0.1, 0.15) is 0 Å². The Morgan fingerprint density at radius 3 is 1.90 bits per heavy atom. The molecule has 124 valence electrons. The second kappa shape index (κ2) is 7.19. The molecule has 21 heavy (non-hydrogen) atoms. The zero-order valence-corrected chi connectivity index (χ0v) is 12.7. The first-order valence-electron chi connectivity index (χ1n) is 6.59. The summed E-state index contributed by atoms with van der Waals surface area (Å²) in [5, 5.41) is 0.137. The molecule has 1 rings (SSSR count). The summed E-state index contributed by atoms with van der Waals surface area (Å²) in [6.07, 6.45) is -8.07. The van der Waals surface area contributed by atoms with Crippen molar-refractivity contribution >= 4 is 21.8 Å². The minimum atomic E-state index is -5.63. The molecule has 0 N–H and O–H groups in total. The fourth-order valence-electron chi connectivity index (χ4n) is 2.59. The van der Waals surface area contributed by atoms with Gasteiger partial charge in [0.2, 0.25) is 11.8 Å². The Kier molecular flexibility index (Phi) is 6.36. The first-order chi connectivity index (χ1) is 9.59. The molecule has 1 aliphatic carbocycles. The van der Waals surface area contributed by atoms with Crippen LogP contribution in [0.1, 0.15) is 32.1 Å². The van der Waals surface area contributed by atoms with Crippen molar-refractivity contribution in [1.29, 1.82) is 0 Å². The summed E-state index contributed by atoms with van der Waals surface area (Å²) in [5.74, 6) is -5.83. The Labute approximate surface area is 127 Å². The van der Waals surface area contributed by atoms with Crippen LogP contribution in [0.4, 0.5) is 26.3 Å². The van der Waals surface area contributed by atoms with Gasteiger partial charge in [-0.05, 0) is 12.8 Å². The lowest BCUT2D eigenvalue weighted by Gasteiger charge is -2.37. The molecule has 1 aliphatic rings. The zero-order valence-electron chi connectivity index (χ0n) is 11.1. The van der Waals surface area contributed by atoms with Gasteiger partial charge in [-0.3, -0.25) is 4.79 Å². The van der Waals surface area contributed by atoms with Gasteiger partial charge in [-0.15, -0.1) is 0 Å². The molecule has 0 radical (unpaired) electrons. The van der Waals surface area contributed by atoms with Gasteiger partial charge in [0.15, 0.2) is 0 Å². The van der Waals surface area contributed by atoms with E-state index in [1.165, 1.54) is 0 Å². The number of amides is 1. The van der Waals surface area contributed by atoms with E-state index in [9.17, 15) is 31.1 Å². The summed E-state index contributed by atoms with van der Waals surface area (Å²) in [7, 11) is 0. The van der Waals surface area contributed by atoms with Gasteiger partial charge in [-0.1, -0.05) is 35.2 Å².